The SMILES string of the molecule is CC(C)C(N)c1nc(C2CCC2)no1. The molecule has 1 atom stereocenters. The first-order valence-electron chi connectivity index (χ1n) is 5.27. The van der Waals surface area contributed by atoms with Crippen molar-refractivity contribution < 1.29 is 4.52 Å². The van der Waals surface area contributed by atoms with Crippen molar-refractivity contribution in [2.24, 2.45) is 11.7 Å². The molecule has 14 heavy (non-hydrogen) atoms. The van der Waals surface area contributed by atoms with Crippen LogP contribution in [0, 0.1) is 5.92 Å². The molecule has 0 saturated heterocycles. The molecule has 0 amide bonds. The van der Waals surface area contributed by atoms with Gasteiger partial charge in [-0.3, -0.25) is 0 Å². The second kappa shape index (κ2) is 3.69. The fourth-order valence-electron chi connectivity index (χ4n) is 1.50. The van der Waals surface area contributed by atoms with E-state index < -0.39 is 0 Å². The zero-order chi connectivity index (χ0) is 10.1. The molecule has 4 heteroatoms. The molecule has 0 bridgehead atoms. The van der Waals surface area contributed by atoms with Gasteiger partial charge in [0.25, 0.3) is 0 Å². The molecule has 0 aromatic carbocycles. The first-order valence-corrected chi connectivity index (χ1v) is 5.27. The van der Waals surface area contributed by atoms with E-state index in [1.54, 1.807) is 0 Å². The summed E-state index contributed by atoms with van der Waals surface area (Å²) in [6, 6.07) is -0.128. The Balaban J connectivity index is 2.08. The third-order valence-electron chi connectivity index (χ3n) is 2.93. The van der Waals surface area contributed by atoms with Crippen LogP contribution in [0.4, 0.5) is 0 Å². The molecule has 1 aliphatic carbocycles. The fourth-order valence-corrected chi connectivity index (χ4v) is 1.50. The maximum atomic E-state index is 5.91. The molecule has 1 aromatic heterocycles. The Morgan fingerprint density at radius 3 is 2.64 bits per heavy atom. The van der Waals surface area contributed by atoms with E-state index in [0.29, 0.717) is 17.7 Å². The minimum Gasteiger partial charge on any atom is -0.338 e. The lowest BCUT2D eigenvalue weighted by Crippen LogP contribution is -2.17. The van der Waals surface area contributed by atoms with Crippen molar-refractivity contribution in [3.63, 3.8) is 0 Å². The van der Waals surface area contributed by atoms with Crippen molar-refractivity contribution in [2.45, 2.75) is 45.1 Å². The summed E-state index contributed by atoms with van der Waals surface area (Å²) in [4.78, 5) is 4.35. The number of hydrogen-bond acceptors (Lipinski definition) is 4. The molecule has 1 fully saturated rings. The van der Waals surface area contributed by atoms with E-state index in [-0.39, 0.29) is 6.04 Å². The predicted molar refractivity (Wildman–Crippen MR) is 52.7 cm³/mol. The molecular formula is C10H17N3O. The van der Waals surface area contributed by atoms with Crippen LogP contribution in [0.1, 0.15) is 56.8 Å². The van der Waals surface area contributed by atoms with E-state index in [2.05, 4.69) is 24.0 Å². The Hall–Kier alpha value is -0.900. The molecule has 1 aromatic rings. The van der Waals surface area contributed by atoms with Crippen molar-refractivity contribution in [3.05, 3.63) is 11.7 Å². The zero-order valence-corrected chi connectivity index (χ0v) is 8.73. The molecule has 2 rings (SSSR count). The molecule has 0 radical (unpaired) electrons. The lowest BCUT2D eigenvalue weighted by molar-refractivity contribution is 0.314. The summed E-state index contributed by atoms with van der Waals surface area (Å²) < 4.78 is 5.16. The van der Waals surface area contributed by atoms with Gasteiger partial charge in [-0.1, -0.05) is 25.4 Å². The van der Waals surface area contributed by atoms with Gasteiger partial charge in [0, 0.05) is 5.92 Å². The third kappa shape index (κ3) is 1.66. The van der Waals surface area contributed by atoms with Gasteiger partial charge < -0.3 is 10.3 Å². The van der Waals surface area contributed by atoms with Crippen LogP contribution < -0.4 is 5.73 Å². The smallest absolute Gasteiger partial charge is 0.243 e. The van der Waals surface area contributed by atoms with Gasteiger partial charge in [0.05, 0.1) is 6.04 Å². The summed E-state index contributed by atoms with van der Waals surface area (Å²) >= 11 is 0. The lowest BCUT2D eigenvalue weighted by atomic mass is 9.85. The normalized spacial score (nSPS) is 19.7. The highest BCUT2D eigenvalue weighted by Gasteiger charge is 2.26. The molecule has 4 nitrogen and oxygen atoms in total. The van der Waals surface area contributed by atoms with Crippen molar-refractivity contribution >= 4 is 0 Å². The monoisotopic (exact) mass is 195 g/mol. The molecule has 0 spiro atoms. The van der Waals surface area contributed by atoms with Crippen molar-refractivity contribution in [1.82, 2.24) is 10.1 Å². The Labute approximate surface area is 83.9 Å². The van der Waals surface area contributed by atoms with Crippen LogP contribution in [0.15, 0.2) is 4.52 Å². The Bertz CT molecular complexity index is 304. The van der Waals surface area contributed by atoms with E-state index in [1.807, 2.05) is 0 Å². The summed E-state index contributed by atoms with van der Waals surface area (Å²) in [5.41, 5.74) is 5.91. The highest BCUT2D eigenvalue weighted by molar-refractivity contribution is 5.01. The van der Waals surface area contributed by atoms with E-state index >= 15 is 0 Å². The third-order valence-corrected chi connectivity index (χ3v) is 2.93. The van der Waals surface area contributed by atoms with Crippen LogP contribution in [0.3, 0.4) is 0 Å². The second-order valence-electron chi connectivity index (χ2n) is 4.39. The fraction of sp³-hybridized carbons (Fsp3) is 0.800. The van der Waals surface area contributed by atoms with Gasteiger partial charge in [-0.15, -0.1) is 0 Å². The largest absolute Gasteiger partial charge is 0.338 e. The summed E-state index contributed by atoms with van der Waals surface area (Å²) in [6.07, 6.45) is 3.66. The number of nitrogens with two attached hydrogens (primary N) is 1. The van der Waals surface area contributed by atoms with Crippen LogP contribution in [0.25, 0.3) is 0 Å². The van der Waals surface area contributed by atoms with Crippen molar-refractivity contribution in [2.75, 3.05) is 0 Å². The van der Waals surface area contributed by atoms with Gasteiger partial charge >= 0.3 is 0 Å². The Morgan fingerprint density at radius 1 is 1.43 bits per heavy atom. The van der Waals surface area contributed by atoms with Gasteiger partial charge in [-0.2, -0.15) is 4.98 Å². The van der Waals surface area contributed by atoms with Crippen molar-refractivity contribution in [1.29, 1.82) is 0 Å². The molecule has 1 saturated carbocycles. The minimum atomic E-state index is -0.128. The predicted octanol–water partition coefficient (Wildman–Crippen LogP) is 1.99. The summed E-state index contributed by atoms with van der Waals surface area (Å²) in [5, 5.41) is 3.98. The average molecular weight is 195 g/mol. The molecule has 0 aliphatic heterocycles. The number of aromatic nitrogens is 2. The molecule has 78 valence electrons. The van der Waals surface area contributed by atoms with Crippen LogP contribution in [-0.2, 0) is 0 Å². The lowest BCUT2D eigenvalue weighted by Gasteiger charge is -2.21. The summed E-state index contributed by atoms with van der Waals surface area (Å²) in [7, 11) is 0. The molecule has 2 N–H and O–H groups in total. The van der Waals surface area contributed by atoms with E-state index in [4.69, 9.17) is 10.3 Å². The number of hydrogen-bond donors (Lipinski definition) is 1. The number of rotatable bonds is 3. The van der Waals surface area contributed by atoms with Gasteiger partial charge in [0.2, 0.25) is 5.89 Å². The average Bonchev–Trinajstić information content (AvgIpc) is 2.48. The maximum Gasteiger partial charge on any atom is 0.243 e. The van der Waals surface area contributed by atoms with E-state index in [9.17, 15) is 0 Å². The molecular weight excluding hydrogens is 178 g/mol. The van der Waals surface area contributed by atoms with Crippen LogP contribution in [0.5, 0.6) is 0 Å². The van der Waals surface area contributed by atoms with Crippen LogP contribution >= 0.6 is 0 Å². The zero-order valence-electron chi connectivity index (χ0n) is 8.73. The van der Waals surface area contributed by atoms with Crippen molar-refractivity contribution in [3.8, 4) is 0 Å². The number of nitrogens with zero attached hydrogens (tertiary/aromatic N) is 2. The van der Waals surface area contributed by atoms with Gasteiger partial charge in [0.1, 0.15) is 0 Å². The maximum absolute atomic E-state index is 5.91. The Kier molecular flexibility index (Phi) is 2.54. The van der Waals surface area contributed by atoms with Gasteiger partial charge in [-0.05, 0) is 18.8 Å². The quantitative estimate of drug-likeness (QED) is 0.801. The van der Waals surface area contributed by atoms with Gasteiger partial charge in [-0.25, -0.2) is 0 Å². The molecule has 1 aliphatic rings. The van der Waals surface area contributed by atoms with Crippen LogP contribution in [0.2, 0.25) is 0 Å². The highest BCUT2D eigenvalue weighted by Crippen LogP contribution is 2.35. The standard InChI is InChI=1S/C10H17N3O/c1-6(2)8(11)10-12-9(13-14-10)7-4-3-5-7/h6-8H,3-5,11H2,1-2H3. The Morgan fingerprint density at radius 2 is 2.14 bits per heavy atom. The minimum absolute atomic E-state index is 0.128. The summed E-state index contributed by atoms with van der Waals surface area (Å²) in [6.45, 7) is 4.11. The highest BCUT2D eigenvalue weighted by atomic mass is 16.5. The summed E-state index contributed by atoms with van der Waals surface area (Å²) in [5.74, 6) is 2.29. The first kappa shape index (κ1) is 9.65. The second-order valence-corrected chi connectivity index (χ2v) is 4.39. The molecule has 1 heterocycles. The van der Waals surface area contributed by atoms with Gasteiger partial charge in [0.15, 0.2) is 5.82 Å². The van der Waals surface area contributed by atoms with E-state index in [0.717, 1.165) is 5.82 Å². The van der Waals surface area contributed by atoms with E-state index in [1.165, 1.54) is 19.3 Å². The first-order chi connectivity index (χ1) is 6.68. The topological polar surface area (TPSA) is 64.9 Å². The van der Waals surface area contributed by atoms with Crippen LogP contribution in [-0.4, -0.2) is 10.1 Å². The molecule has 1 unspecified atom stereocenters.